The Bertz CT molecular complexity index is 857. The number of hydrogen-bond donors (Lipinski definition) is 3. The zero-order valence-corrected chi connectivity index (χ0v) is 17.8. The van der Waals surface area contributed by atoms with Gasteiger partial charge < -0.3 is 20.5 Å². The van der Waals surface area contributed by atoms with Crippen LogP contribution < -0.4 is 15.4 Å². The van der Waals surface area contributed by atoms with Crippen molar-refractivity contribution < 1.29 is 19.4 Å². The van der Waals surface area contributed by atoms with E-state index in [1.807, 2.05) is 41.3 Å². The third-order valence-corrected chi connectivity index (χ3v) is 5.17. The topological polar surface area (TPSA) is 90.9 Å². The summed E-state index contributed by atoms with van der Waals surface area (Å²) in [5.41, 5.74) is 2.34. The summed E-state index contributed by atoms with van der Waals surface area (Å²) < 4.78 is 6.06. The van der Waals surface area contributed by atoms with E-state index in [0.717, 1.165) is 30.4 Å². The van der Waals surface area contributed by atoms with Crippen LogP contribution in [0.5, 0.6) is 5.75 Å². The molecule has 0 spiro atoms. The van der Waals surface area contributed by atoms with Gasteiger partial charge in [-0.1, -0.05) is 36.4 Å². The molecule has 0 saturated carbocycles. The molecule has 31 heavy (non-hydrogen) atoms. The van der Waals surface area contributed by atoms with Gasteiger partial charge in [0.2, 0.25) is 5.91 Å². The normalized spacial score (nSPS) is 16.0. The molecule has 0 radical (unpaired) electrons. The van der Waals surface area contributed by atoms with Crippen molar-refractivity contribution in [2.75, 3.05) is 32.8 Å². The first kappa shape index (κ1) is 22.8. The third kappa shape index (κ3) is 7.08. The second-order valence-electron chi connectivity index (χ2n) is 7.65. The summed E-state index contributed by atoms with van der Waals surface area (Å²) in [5, 5.41) is 14.8. The molecule has 0 aliphatic carbocycles. The van der Waals surface area contributed by atoms with E-state index >= 15 is 0 Å². The van der Waals surface area contributed by atoms with Crippen molar-refractivity contribution in [2.45, 2.75) is 32.4 Å². The van der Waals surface area contributed by atoms with Crippen molar-refractivity contribution in [3.8, 4) is 5.75 Å². The number of amides is 2. The summed E-state index contributed by atoms with van der Waals surface area (Å²) in [5.74, 6) is 0.372. The van der Waals surface area contributed by atoms with Crippen LogP contribution in [0.15, 0.2) is 48.5 Å². The minimum atomic E-state index is -0.261. The molecule has 166 valence electrons. The smallest absolute Gasteiger partial charge is 0.251 e. The largest absolute Gasteiger partial charge is 0.493 e. The molecule has 2 aromatic carbocycles. The highest BCUT2D eigenvalue weighted by molar-refractivity contribution is 5.96. The maximum atomic E-state index is 12.8. The summed E-state index contributed by atoms with van der Waals surface area (Å²) >= 11 is 0. The standard InChI is InChI=1S/C24H31N3O4/c28-14-13-26-24(30)20-10-7-11-22-21(20)17-27(16-19-8-3-1-4-9-19)18-23(29)25-12-5-2-6-15-31-22/h1,3-4,7-11,28H,2,5-6,12-18H2,(H,25,29)(H,26,30). The van der Waals surface area contributed by atoms with Gasteiger partial charge in [0.05, 0.1) is 19.8 Å². The Balaban J connectivity index is 1.93. The van der Waals surface area contributed by atoms with Crippen molar-refractivity contribution >= 4 is 11.8 Å². The van der Waals surface area contributed by atoms with Crippen molar-refractivity contribution in [1.29, 1.82) is 0 Å². The first-order valence-corrected chi connectivity index (χ1v) is 10.8. The highest BCUT2D eigenvalue weighted by Crippen LogP contribution is 2.26. The molecule has 0 aromatic heterocycles. The van der Waals surface area contributed by atoms with E-state index in [1.165, 1.54) is 0 Å². The minimum Gasteiger partial charge on any atom is -0.493 e. The molecule has 1 heterocycles. The molecule has 2 amide bonds. The van der Waals surface area contributed by atoms with Gasteiger partial charge in [-0.15, -0.1) is 0 Å². The van der Waals surface area contributed by atoms with Crippen molar-refractivity contribution in [3.63, 3.8) is 0 Å². The molecular formula is C24H31N3O4. The van der Waals surface area contributed by atoms with E-state index in [4.69, 9.17) is 9.84 Å². The van der Waals surface area contributed by atoms with Crippen LogP contribution in [0.2, 0.25) is 0 Å². The van der Waals surface area contributed by atoms with Gasteiger partial charge in [-0.3, -0.25) is 14.5 Å². The Morgan fingerprint density at radius 2 is 1.90 bits per heavy atom. The molecule has 1 aliphatic rings. The third-order valence-electron chi connectivity index (χ3n) is 5.17. The Hall–Kier alpha value is -2.90. The lowest BCUT2D eigenvalue weighted by Crippen LogP contribution is -2.37. The average molecular weight is 426 g/mol. The number of nitrogens with one attached hydrogen (secondary N) is 2. The number of aliphatic hydroxyl groups is 1. The van der Waals surface area contributed by atoms with Gasteiger partial charge in [-0.05, 0) is 37.0 Å². The first-order valence-electron chi connectivity index (χ1n) is 10.8. The number of rotatable bonds is 5. The fourth-order valence-corrected chi connectivity index (χ4v) is 3.65. The molecule has 0 atom stereocenters. The fourth-order valence-electron chi connectivity index (χ4n) is 3.65. The van der Waals surface area contributed by atoms with Crippen molar-refractivity contribution in [3.05, 3.63) is 65.2 Å². The van der Waals surface area contributed by atoms with Crippen molar-refractivity contribution in [2.24, 2.45) is 0 Å². The maximum absolute atomic E-state index is 12.8. The highest BCUT2D eigenvalue weighted by Gasteiger charge is 2.21. The van der Waals surface area contributed by atoms with Crippen LogP contribution in [-0.4, -0.2) is 54.7 Å². The Labute approximate surface area is 183 Å². The number of nitrogens with zero attached hydrogens (tertiary/aromatic N) is 1. The second kappa shape index (κ2) is 12.1. The molecular weight excluding hydrogens is 394 g/mol. The molecule has 0 fully saturated rings. The highest BCUT2D eigenvalue weighted by atomic mass is 16.5. The molecule has 0 unspecified atom stereocenters. The predicted molar refractivity (Wildman–Crippen MR) is 119 cm³/mol. The minimum absolute atomic E-state index is 0.0279. The number of ether oxygens (including phenoxy) is 1. The lowest BCUT2D eigenvalue weighted by Gasteiger charge is -2.24. The number of hydrogen-bond acceptors (Lipinski definition) is 5. The van der Waals surface area contributed by atoms with Gasteiger partial charge in [0.1, 0.15) is 5.75 Å². The van der Waals surface area contributed by atoms with E-state index in [2.05, 4.69) is 10.6 Å². The van der Waals surface area contributed by atoms with Gasteiger partial charge in [0.15, 0.2) is 0 Å². The lowest BCUT2D eigenvalue weighted by atomic mass is 10.0. The Morgan fingerprint density at radius 1 is 1.06 bits per heavy atom. The number of carbonyl (C=O) groups is 2. The van der Waals surface area contributed by atoms with E-state index in [-0.39, 0.29) is 31.5 Å². The van der Waals surface area contributed by atoms with Crippen LogP contribution in [0.3, 0.4) is 0 Å². The van der Waals surface area contributed by atoms with E-state index < -0.39 is 0 Å². The number of carbonyl (C=O) groups excluding carboxylic acids is 2. The van der Waals surface area contributed by atoms with Crippen LogP contribution in [0.1, 0.15) is 40.7 Å². The van der Waals surface area contributed by atoms with E-state index in [9.17, 15) is 9.59 Å². The summed E-state index contributed by atoms with van der Waals surface area (Å²) in [6, 6.07) is 15.4. The predicted octanol–water partition coefficient (Wildman–Crippen LogP) is 2.09. The Kier molecular flexibility index (Phi) is 8.87. The number of fused-ring (bicyclic) bond motifs is 1. The zero-order valence-electron chi connectivity index (χ0n) is 17.8. The van der Waals surface area contributed by atoms with Gasteiger partial charge in [-0.25, -0.2) is 0 Å². The van der Waals surface area contributed by atoms with Crippen molar-refractivity contribution in [1.82, 2.24) is 15.5 Å². The molecule has 3 N–H and O–H groups in total. The van der Waals surface area contributed by atoms with Gasteiger partial charge >= 0.3 is 0 Å². The second-order valence-corrected chi connectivity index (χ2v) is 7.65. The van der Waals surface area contributed by atoms with E-state index in [1.54, 1.807) is 12.1 Å². The average Bonchev–Trinajstić information content (AvgIpc) is 2.79. The molecule has 3 rings (SSSR count). The summed E-state index contributed by atoms with van der Waals surface area (Å²) in [6.07, 6.45) is 2.74. The van der Waals surface area contributed by atoms with Gasteiger partial charge in [0.25, 0.3) is 5.91 Å². The summed E-state index contributed by atoms with van der Waals surface area (Å²) in [7, 11) is 0. The van der Waals surface area contributed by atoms with E-state index in [0.29, 0.717) is 37.6 Å². The SMILES string of the molecule is O=C1CN(Cc2ccccc2)Cc2c(cccc2C(=O)NCCO)OCCCCCN1. The number of aliphatic hydroxyl groups excluding tert-OH is 1. The molecule has 1 aliphatic heterocycles. The van der Waals surface area contributed by atoms with Gasteiger partial charge in [0, 0.05) is 37.3 Å². The van der Waals surface area contributed by atoms with Crippen LogP contribution in [-0.2, 0) is 17.9 Å². The Morgan fingerprint density at radius 3 is 2.71 bits per heavy atom. The molecule has 2 aromatic rings. The van der Waals surface area contributed by atoms with Crippen LogP contribution in [0.4, 0.5) is 0 Å². The maximum Gasteiger partial charge on any atom is 0.251 e. The fraction of sp³-hybridized carbons (Fsp3) is 0.417. The van der Waals surface area contributed by atoms with Gasteiger partial charge in [-0.2, -0.15) is 0 Å². The first-order chi connectivity index (χ1) is 15.2. The zero-order chi connectivity index (χ0) is 21.9. The van der Waals surface area contributed by atoms with Crippen LogP contribution in [0.25, 0.3) is 0 Å². The number of benzene rings is 2. The lowest BCUT2D eigenvalue weighted by molar-refractivity contribution is -0.122. The molecule has 7 nitrogen and oxygen atoms in total. The molecule has 0 saturated heterocycles. The molecule has 0 bridgehead atoms. The monoisotopic (exact) mass is 425 g/mol. The summed E-state index contributed by atoms with van der Waals surface area (Å²) in [4.78, 5) is 27.3. The quantitative estimate of drug-likeness (QED) is 0.683. The summed E-state index contributed by atoms with van der Waals surface area (Å²) in [6.45, 7) is 2.44. The molecule has 7 heteroatoms. The van der Waals surface area contributed by atoms with Crippen LogP contribution in [0, 0.1) is 0 Å². The van der Waals surface area contributed by atoms with Crippen LogP contribution >= 0.6 is 0 Å².